The van der Waals surface area contributed by atoms with E-state index in [-0.39, 0.29) is 16.3 Å². The van der Waals surface area contributed by atoms with E-state index in [4.69, 9.17) is 21.4 Å². The lowest BCUT2D eigenvalue weighted by atomic mass is 10.2. The van der Waals surface area contributed by atoms with E-state index in [9.17, 15) is 4.79 Å². The van der Waals surface area contributed by atoms with Crippen molar-refractivity contribution in [2.75, 3.05) is 6.61 Å². The molecule has 0 saturated heterocycles. The summed E-state index contributed by atoms with van der Waals surface area (Å²) in [5, 5.41) is 9.26. The highest BCUT2D eigenvalue weighted by molar-refractivity contribution is 6.33. The number of hydrogen-bond acceptors (Lipinski definition) is 3. The van der Waals surface area contributed by atoms with Gasteiger partial charge >= 0.3 is 5.97 Å². The molecule has 0 amide bonds. The summed E-state index contributed by atoms with van der Waals surface area (Å²) in [7, 11) is 0. The van der Waals surface area contributed by atoms with Crippen LogP contribution in [-0.2, 0) is 6.42 Å². The first-order valence-corrected chi connectivity index (χ1v) is 6.10. The molecule has 0 aliphatic heterocycles. The molecule has 1 aromatic carbocycles. The van der Waals surface area contributed by atoms with Crippen molar-refractivity contribution in [2.24, 2.45) is 0 Å². The number of aromatic carboxylic acids is 1. The number of ether oxygens (including phenoxy) is 1. The highest BCUT2D eigenvalue weighted by Crippen LogP contribution is 2.26. The molecule has 0 aliphatic carbocycles. The van der Waals surface area contributed by atoms with Gasteiger partial charge in [0.1, 0.15) is 11.3 Å². The molecule has 98 valence electrons. The Morgan fingerprint density at radius 2 is 2.16 bits per heavy atom. The van der Waals surface area contributed by atoms with Gasteiger partial charge in [-0.05, 0) is 23.8 Å². The summed E-state index contributed by atoms with van der Waals surface area (Å²) < 4.78 is 5.49. The van der Waals surface area contributed by atoms with Crippen molar-refractivity contribution in [1.29, 1.82) is 0 Å². The Morgan fingerprint density at radius 1 is 1.32 bits per heavy atom. The van der Waals surface area contributed by atoms with Crippen LogP contribution >= 0.6 is 11.6 Å². The summed E-state index contributed by atoms with van der Waals surface area (Å²) in [5.74, 6) is -0.814. The molecular formula is C14H12ClNO3. The van der Waals surface area contributed by atoms with Gasteiger partial charge in [0, 0.05) is 18.8 Å². The Morgan fingerprint density at radius 3 is 2.84 bits per heavy atom. The lowest BCUT2D eigenvalue weighted by Crippen LogP contribution is -2.07. The molecule has 0 bridgehead atoms. The van der Waals surface area contributed by atoms with Crippen molar-refractivity contribution < 1.29 is 14.6 Å². The third-order valence-electron chi connectivity index (χ3n) is 2.56. The van der Waals surface area contributed by atoms with Gasteiger partial charge in [-0.3, -0.25) is 4.98 Å². The summed E-state index contributed by atoms with van der Waals surface area (Å²) in [5.41, 5.74) is 1.02. The minimum absolute atomic E-state index is 0.00430. The lowest BCUT2D eigenvalue weighted by Gasteiger charge is -2.10. The van der Waals surface area contributed by atoms with Gasteiger partial charge in [-0.2, -0.15) is 0 Å². The fourth-order valence-corrected chi connectivity index (χ4v) is 1.90. The van der Waals surface area contributed by atoms with Crippen molar-refractivity contribution in [1.82, 2.24) is 4.98 Å². The zero-order chi connectivity index (χ0) is 13.7. The first kappa shape index (κ1) is 13.4. The molecular weight excluding hydrogens is 266 g/mol. The normalized spacial score (nSPS) is 10.2. The number of pyridine rings is 1. The Labute approximate surface area is 115 Å². The number of rotatable bonds is 5. The van der Waals surface area contributed by atoms with Crippen LogP contribution in [0.25, 0.3) is 0 Å². The second-order valence-electron chi connectivity index (χ2n) is 3.88. The fraction of sp³-hybridized carbons (Fsp3) is 0.143. The summed E-state index contributed by atoms with van der Waals surface area (Å²) >= 11 is 5.85. The number of aromatic nitrogens is 1. The van der Waals surface area contributed by atoms with Gasteiger partial charge < -0.3 is 9.84 Å². The molecule has 5 heteroatoms. The van der Waals surface area contributed by atoms with Crippen LogP contribution in [-0.4, -0.2) is 22.7 Å². The summed E-state index contributed by atoms with van der Waals surface area (Å²) in [6, 6.07) is 8.57. The van der Waals surface area contributed by atoms with Crippen LogP contribution in [0.1, 0.15) is 15.9 Å². The quantitative estimate of drug-likeness (QED) is 0.912. The molecule has 1 aromatic heterocycles. The molecule has 1 heterocycles. The molecule has 2 rings (SSSR count). The van der Waals surface area contributed by atoms with Crippen LogP contribution in [0.15, 0.2) is 42.7 Å². The van der Waals surface area contributed by atoms with E-state index in [1.54, 1.807) is 24.5 Å². The zero-order valence-electron chi connectivity index (χ0n) is 10.0. The molecule has 0 saturated carbocycles. The molecule has 4 nitrogen and oxygen atoms in total. The average molecular weight is 278 g/mol. The first-order valence-electron chi connectivity index (χ1n) is 5.72. The van der Waals surface area contributed by atoms with Crippen molar-refractivity contribution >= 4 is 17.6 Å². The van der Waals surface area contributed by atoms with E-state index in [0.717, 1.165) is 5.56 Å². The zero-order valence-corrected chi connectivity index (χ0v) is 10.8. The summed E-state index contributed by atoms with van der Waals surface area (Å²) in [6.07, 6.45) is 4.10. The third kappa shape index (κ3) is 3.45. The molecule has 2 aromatic rings. The molecule has 0 atom stereocenters. The maximum absolute atomic E-state index is 11.1. The Bertz CT molecular complexity index is 572. The third-order valence-corrected chi connectivity index (χ3v) is 2.88. The number of benzene rings is 1. The number of carbonyl (C=O) groups is 1. The van der Waals surface area contributed by atoms with E-state index < -0.39 is 5.97 Å². The largest absolute Gasteiger partial charge is 0.492 e. The van der Waals surface area contributed by atoms with Crippen molar-refractivity contribution in [3.8, 4) is 5.75 Å². The predicted molar refractivity (Wildman–Crippen MR) is 71.8 cm³/mol. The topological polar surface area (TPSA) is 59.4 Å². The first-order chi connectivity index (χ1) is 9.18. The van der Waals surface area contributed by atoms with Gasteiger partial charge in [-0.1, -0.05) is 23.7 Å². The van der Waals surface area contributed by atoms with E-state index in [0.29, 0.717) is 13.0 Å². The van der Waals surface area contributed by atoms with Crippen LogP contribution in [0.3, 0.4) is 0 Å². The highest BCUT2D eigenvalue weighted by atomic mass is 35.5. The van der Waals surface area contributed by atoms with Crippen LogP contribution in [0.2, 0.25) is 5.02 Å². The second-order valence-corrected chi connectivity index (χ2v) is 4.29. The predicted octanol–water partition coefficient (Wildman–Crippen LogP) is 3.05. The van der Waals surface area contributed by atoms with Gasteiger partial charge in [0.2, 0.25) is 0 Å². The molecule has 0 aliphatic rings. The molecule has 19 heavy (non-hydrogen) atoms. The Hall–Kier alpha value is -2.07. The second kappa shape index (κ2) is 6.20. The maximum atomic E-state index is 11.1. The van der Waals surface area contributed by atoms with E-state index in [1.165, 1.54) is 6.07 Å². The molecule has 0 spiro atoms. The van der Waals surface area contributed by atoms with Crippen molar-refractivity contribution in [3.05, 3.63) is 58.9 Å². The van der Waals surface area contributed by atoms with Gasteiger partial charge in [0.25, 0.3) is 0 Å². The Kier molecular flexibility index (Phi) is 4.36. The van der Waals surface area contributed by atoms with Gasteiger partial charge in [0.15, 0.2) is 0 Å². The van der Waals surface area contributed by atoms with Crippen LogP contribution in [0.4, 0.5) is 0 Å². The van der Waals surface area contributed by atoms with Gasteiger partial charge in [0.05, 0.1) is 11.6 Å². The Balaban J connectivity index is 2.04. The minimum Gasteiger partial charge on any atom is -0.492 e. The maximum Gasteiger partial charge on any atom is 0.341 e. The van der Waals surface area contributed by atoms with Crippen molar-refractivity contribution in [2.45, 2.75) is 6.42 Å². The number of carboxylic acid groups (broad SMARTS) is 1. The van der Waals surface area contributed by atoms with Crippen LogP contribution in [0, 0.1) is 0 Å². The van der Waals surface area contributed by atoms with E-state index in [1.807, 2.05) is 12.1 Å². The average Bonchev–Trinajstić information content (AvgIpc) is 2.39. The number of hydrogen-bond donors (Lipinski definition) is 1. The van der Waals surface area contributed by atoms with Crippen molar-refractivity contribution in [3.63, 3.8) is 0 Å². The van der Waals surface area contributed by atoms with Gasteiger partial charge in [-0.15, -0.1) is 0 Å². The molecule has 0 radical (unpaired) electrons. The summed E-state index contributed by atoms with van der Waals surface area (Å²) in [4.78, 5) is 15.1. The smallest absolute Gasteiger partial charge is 0.341 e. The molecule has 0 fully saturated rings. The van der Waals surface area contributed by atoms with Gasteiger partial charge in [-0.25, -0.2) is 4.79 Å². The lowest BCUT2D eigenvalue weighted by molar-refractivity contribution is 0.0692. The fourth-order valence-electron chi connectivity index (χ4n) is 1.66. The standard InChI is InChI=1S/C14H12ClNO3/c15-11-4-1-5-12(13(11)14(17)18)19-8-6-10-3-2-7-16-9-10/h1-5,7,9H,6,8H2,(H,17,18). The molecule has 1 N–H and O–H groups in total. The van der Waals surface area contributed by atoms with Crippen LogP contribution in [0.5, 0.6) is 5.75 Å². The molecule has 0 unspecified atom stereocenters. The van der Waals surface area contributed by atoms with Crippen LogP contribution < -0.4 is 4.74 Å². The van der Waals surface area contributed by atoms with E-state index in [2.05, 4.69) is 4.98 Å². The summed E-state index contributed by atoms with van der Waals surface area (Å²) in [6.45, 7) is 0.367. The number of halogens is 1. The number of nitrogens with zero attached hydrogens (tertiary/aromatic N) is 1. The number of carboxylic acids is 1. The minimum atomic E-state index is -1.10. The monoisotopic (exact) mass is 277 g/mol. The SMILES string of the molecule is O=C(O)c1c(Cl)cccc1OCCc1cccnc1. The highest BCUT2D eigenvalue weighted by Gasteiger charge is 2.15. The van der Waals surface area contributed by atoms with E-state index >= 15 is 0 Å².